The highest BCUT2D eigenvalue weighted by atomic mass is 28.4. The van der Waals surface area contributed by atoms with E-state index < -0.39 is 32.5 Å². The summed E-state index contributed by atoms with van der Waals surface area (Å²) in [5.74, 6) is -1.87. The molecule has 0 saturated carbocycles. The lowest BCUT2D eigenvalue weighted by Gasteiger charge is -2.44. The Morgan fingerprint density at radius 2 is 1.29 bits per heavy atom. The molecule has 0 saturated heterocycles. The summed E-state index contributed by atoms with van der Waals surface area (Å²) in [5, 5.41) is 10.8. The molecule has 0 aliphatic rings. The quantitative estimate of drug-likeness (QED) is 0.571. The summed E-state index contributed by atoms with van der Waals surface area (Å²) in [6, 6.07) is 19.9. The summed E-state index contributed by atoms with van der Waals surface area (Å²) in [4.78, 5) is 23.6. The maximum Gasteiger partial charge on any atom is 0.344 e. The number of esters is 1. The standard InChI is InChI=1S/C22H28O5Si/c1-16(20(23)24)26-21(25)17(2)27-28(22(3,4)5,18-12-8-6-9-13-18)19-14-10-7-11-15-19/h6-17H,1-5H3,(H,23,24)/t16-,17?/m0/s1. The Bertz CT molecular complexity index is 759. The molecule has 2 atom stereocenters. The number of carbonyl (C=O) groups excluding carboxylic acids is 1. The molecule has 0 aliphatic heterocycles. The van der Waals surface area contributed by atoms with Crippen LogP contribution in [0.2, 0.25) is 5.04 Å². The third-order valence-corrected chi connectivity index (χ3v) is 9.86. The van der Waals surface area contributed by atoms with E-state index in [1.54, 1.807) is 6.92 Å². The van der Waals surface area contributed by atoms with Gasteiger partial charge < -0.3 is 14.3 Å². The minimum absolute atomic E-state index is 0.289. The zero-order valence-electron chi connectivity index (χ0n) is 17.0. The number of aliphatic carboxylic acids is 1. The number of rotatable bonds is 7. The van der Waals surface area contributed by atoms with Gasteiger partial charge in [-0.25, -0.2) is 9.59 Å². The lowest BCUT2D eigenvalue weighted by molar-refractivity contribution is -0.167. The first-order valence-electron chi connectivity index (χ1n) is 9.31. The van der Waals surface area contributed by atoms with Crippen LogP contribution in [0.5, 0.6) is 0 Å². The Kier molecular flexibility index (Phi) is 6.80. The first-order chi connectivity index (χ1) is 13.1. The molecule has 0 spiro atoms. The van der Waals surface area contributed by atoms with Crippen LogP contribution in [0.1, 0.15) is 34.6 Å². The van der Waals surface area contributed by atoms with E-state index in [2.05, 4.69) is 20.8 Å². The maximum atomic E-state index is 12.5. The van der Waals surface area contributed by atoms with Crippen molar-refractivity contribution in [2.24, 2.45) is 0 Å². The van der Waals surface area contributed by atoms with Crippen LogP contribution in [0.25, 0.3) is 0 Å². The molecule has 1 N–H and O–H groups in total. The van der Waals surface area contributed by atoms with Gasteiger partial charge in [-0.3, -0.25) is 0 Å². The van der Waals surface area contributed by atoms with Crippen LogP contribution in [0.3, 0.4) is 0 Å². The van der Waals surface area contributed by atoms with Gasteiger partial charge in [0.25, 0.3) is 8.32 Å². The SMILES string of the molecule is CC(O[Si](c1ccccc1)(c1ccccc1)C(C)(C)C)C(=O)O[C@@H](C)C(=O)O. The summed E-state index contributed by atoms with van der Waals surface area (Å²) in [6.07, 6.45) is -2.13. The molecule has 150 valence electrons. The largest absolute Gasteiger partial charge is 0.479 e. The van der Waals surface area contributed by atoms with Crippen LogP contribution in [-0.4, -0.2) is 37.6 Å². The van der Waals surface area contributed by atoms with Crippen LogP contribution >= 0.6 is 0 Å². The molecule has 28 heavy (non-hydrogen) atoms. The molecule has 5 nitrogen and oxygen atoms in total. The predicted molar refractivity (Wildman–Crippen MR) is 111 cm³/mol. The first-order valence-corrected chi connectivity index (χ1v) is 11.2. The summed E-state index contributed by atoms with van der Waals surface area (Å²) in [5.41, 5.74) is 0. The zero-order valence-corrected chi connectivity index (χ0v) is 18.0. The van der Waals surface area contributed by atoms with Crippen molar-refractivity contribution >= 4 is 30.6 Å². The van der Waals surface area contributed by atoms with E-state index in [4.69, 9.17) is 14.3 Å². The number of hydrogen-bond donors (Lipinski definition) is 1. The number of hydrogen-bond acceptors (Lipinski definition) is 4. The molecule has 0 fully saturated rings. The smallest absolute Gasteiger partial charge is 0.344 e. The normalized spacial score (nSPS) is 14.2. The van der Waals surface area contributed by atoms with E-state index in [-0.39, 0.29) is 5.04 Å². The van der Waals surface area contributed by atoms with Crippen LogP contribution in [0.4, 0.5) is 0 Å². The third kappa shape index (κ3) is 4.51. The lowest BCUT2D eigenvalue weighted by Crippen LogP contribution is -2.68. The second-order valence-corrected chi connectivity index (χ2v) is 12.1. The molecular weight excluding hydrogens is 372 g/mol. The third-order valence-electron chi connectivity index (χ3n) is 4.74. The van der Waals surface area contributed by atoms with Gasteiger partial charge in [-0.2, -0.15) is 0 Å². The fraction of sp³-hybridized carbons (Fsp3) is 0.364. The van der Waals surface area contributed by atoms with Crippen molar-refractivity contribution in [3.05, 3.63) is 60.7 Å². The molecule has 2 aromatic carbocycles. The maximum absolute atomic E-state index is 12.5. The summed E-state index contributed by atoms with van der Waals surface area (Å²) >= 11 is 0. The van der Waals surface area contributed by atoms with Gasteiger partial charge in [-0.1, -0.05) is 81.4 Å². The van der Waals surface area contributed by atoms with Crippen molar-refractivity contribution in [2.45, 2.75) is 51.9 Å². The fourth-order valence-electron chi connectivity index (χ4n) is 3.33. The second kappa shape index (κ2) is 8.71. The summed E-state index contributed by atoms with van der Waals surface area (Å²) in [6.45, 7) is 9.28. The second-order valence-electron chi connectivity index (χ2n) is 7.84. The van der Waals surface area contributed by atoms with Gasteiger partial charge in [0.1, 0.15) is 6.10 Å². The van der Waals surface area contributed by atoms with Gasteiger partial charge in [0.05, 0.1) is 0 Å². The molecule has 0 bridgehead atoms. The minimum Gasteiger partial charge on any atom is -0.479 e. The van der Waals surface area contributed by atoms with Crippen molar-refractivity contribution in [2.75, 3.05) is 0 Å². The van der Waals surface area contributed by atoms with Gasteiger partial charge in [0.2, 0.25) is 0 Å². The van der Waals surface area contributed by atoms with E-state index in [1.807, 2.05) is 60.7 Å². The van der Waals surface area contributed by atoms with Gasteiger partial charge in [-0.15, -0.1) is 0 Å². The zero-order chi connectivity index (χ0) is 20.9. The molecule has 0 heterocycles. The number of benzene rings is 2. The average molecular weight is 401 g/mol. The molecule has 0 amide bonds. The molecule has 2 aromatic rings. The number of carboxylic acids is 1. The molecular formula is C22H28O5Si. The van der Waals surface area contributed by atoms with Crippen molar-refractivity contribution in [1.29, 1.82) is 0 Å². The van der Waals surface area contributed by atoms with E-state index in [0.29, 0.717) is 0 Å². The Morgan fingerprint density at radius 1 is 0.857 bits per heavy atom. The molecule has 6 heteroatoms. The molecule has 2 rings (SSSR count). The van der Waals surface area contributed by atoms with Crippen LogP contribution in [0.15, 0.2) is 60.7 Å². The number of carboxylic acid groups (broad SMARTS) is 1. The number of carbonyl (C=O) groups is 2. The Hall–Kier alpha value is -2.44. The highest BCUT2D eigenvalue weighted by Crippen LogP contribution is 2.37. The topological polar surface area (TPSA) is 72.8 Å². The Balaban J connectivity index is 2.53. The molecule has 0 aromatic heterocycles. The highest BCUT2D eigenvalue weighted by molar-refractivity contribution is 6.99. The molecule has 1 unspecified atom stereocenters. The highest BCUT2D eigenvalue weighted by Gasteiger charge is 2.52. The van der Waals surface area contributed by atoms with E-state index in [0.717, 1.165) is 10.4 Å². The van der Waals surface area contributed by atoms with Gasteiger partial charge >= 0.3 is 11.9 Å². The van der Waals surface area contributed by atoms with Gasteiger partial charge in [0, 0.05) is 0 Å². The Morgan fingerprint density at radius 3 is 1.64 bits per heavy atom. The van der Waals surface area contributed by atoms with Crippen LogP contribution in [0, 0.1) is 0 Å². The fourth-order valence-corrected chi connectivity index (χ4v) is 7.97. The summed E-state index contributed by atoms with van der Waals surface area (Å²) < 4.78 is 11.7. The summed E-state index contributed by atoms with van der Waals surface area (Å²) in [7, 11) is -2.90. The van der Waals surface area contributed by atoms with Gasteiger partial charge in [0.15, 0.2) is 6.10 Å². The van der Waals surface area contributed by atoms with Crippen LogP contribution < -0.4 is 10.4 Å². The number of ether oxygens (including phenoxy) is 1. The van der Waals surface area contributed by atoms with Crippen molar-refractivity contribution < 1.29 is 23.9 Å². The predicted octanol–water partition coefficient (Wildman–Crippen LogP) is 2.97. The van der Waals surface area contributed by atoms with Crippen molar-refractivity contribution in [3.8, 4) is 0 Å². The van der Waals surface area contributed by atoms with Crippen molar-refractivity contribution in [1.82, 2.24) is 0 Å². The molecule has 0 radical (unpaired) electrons. The van der Waals surface area contributed by atoms with Crippen molar-refractivity contribution in [3.63, 3.8) is 0 Å². The monoisotopic (exact) mass is 400 g/mol. The minimum atomic E-state index is -2.90. The van der Waals surface area contributed by atoms with Gasteiger partial charge in [-0.05, 0) is 29.3 Å². The molecule has 0 aliphatic carbocycles. The first kappa shape index (κ1) is 21.9. The van der Waals surface area contributed by atoms with E-state index in [1.165, 1.54) is 6.92 Å². The van der Waals surface area contributed by atoms with Crippen LogP contribution in [-0.2, 0) is 18.8 Å². The van der Waals surface area contributed by atoms with E-state index in [9.17, 15) is 9.59 Å². The average Bonchev–Trinajstić information content (AvgIpc) is 2.66. The van der Waals surface area contributed by atoms with E-state index >= 15 is 0 Å². The Labute approximate surface area is 167 Å². The lowest BCUT2D eigenvalue weighted by atomic mass is 10.2.